The van der Waals surface area contributed by atoms with E-state index in [1.165, 1.54) is 0 Å². The van der Waals surface area contributed by atoms with Crippen LogP contribution in [0.4, 0.5) is 0 Å². The first kappa shape index (κ1) is 28.7. The van der Waals surface area contributed by atoms with Crippen molar-refractivity contribution in [3.05, 3.63) is 119 Å². The second kappa shape index (κ2) is 14.8. The highest BCUT2D eigenvalue weighted by molar-refractivity contribution is 5.87. The summed E-state index contributed by atoms with van der Waals surface area (Å²) in [7, 11) is 0. The van der Waals surface area contributed by atoms with Gasteiger partial charge in [0, 0.05) is 5.57 Å². The highest BCUT2D eigenvalue weighted by Gasteiger charge is 2.46. The molecule has 0 spiro atoms. The first-order valence-electron chi connectivity index (χ1n) is 13.5. The molecule has 206 valence electrons. The molecular weight excluding hydrogens is 492 g/mol. The van der Waals surface area contributed by atoms with Crippen molar-refractivity contribution in [1.82, 2.24) is 0 Å². The Morgan fingerprint density at radius 3 is 1.62 bits per heavy atom. The molecule has 1 aliphatic rings. The number of benzene rings is 3. The van der Waals surface area contributed by atoms with Gasteiger partial charge in [0.25, 0.3) is 0 Å². The molecule has 4 rings (SSSR count). The van der Waals surface area contributed by atoms with Crippen LogP contribution in [0.5, 0.6) is 0 Å². The molecule has 0 N–H and O–H groups in total. The van der Waals surface area contributed by atoms with Crippen LogP contribution in [0.3, 0.4) is 0 Å². The van der Waals surface area contributed by atoms with Crippen molar-refractivity contribution in [1.29, 1.82) is 0 Å². The van der Waals surface area contributed by atoms with E-state index < -0.39 is 24.4 Å². The second-order valence-electron chi connectivity index (χ2n) is 9.66. The standard InChI is InChI=1S/C33H38O6/c1-4-35-33(34)24(2)20-29-31(37-22-27-16-10-6-11-17-27)32(38-23-28-18-12-7-13-19-28)30(25(3)39-29)36-21-26-14-8-5-9-15-26/h5-20,25,29-32H,4,21-23H2,1-3H3/t25-,29-,30+,31+,32+/m0/s1. The minimum absolute atomic E-state index is 0.304. The Bertz CT molecular complexity index is 1160. The van der Waals surface area contributed by atoms with E-state index in [0.717, 1.165) is 16.7 Å². The number of esters is 1. The van der Waals surface area contributed by atoms with Crippen LogP contribution in [0.25, 0.3) is 0 Å². The van der Waals surface area contributed by atoms with Gasteiger partial charge >= 0.3 is 5.97 Å². The van der Waals surface area contributed by atoms with Crippen molar-refractivity contribution in [2.75, 3.05) is 6.61 Å². The van der Waals surface area contributed by atoms with Gasteiger partial charge in [0.05, 0.1) is 32.5 Å². The van der Waals surface area contributed by atoms with Gasteiger partial charge < -0.3 is 23.7 Å². The maximum atomic E-state index is 12.5. The molecule has 39 heavy (non-hydrogen) atoms. The van der Waals surface area contributed by atoms with Crippen LogP contribution < -0.4 is 0 Å². The Labute approximate surface area is 231 Å². The lowest BCUT2D eigenvalue weighted by molar-refractivity contribution is -0.251. The van der Waals surface area contributed by atoms with Crippen molar-refractivity contribution in [3.8, 4) is 0 Å². The fraction of sp³-hybridized carbons (Fsp3) is 0.364. The van der Waals surface area contributed by atoms with E-state index in [1.54, 1.807) is 19.9 Å². The first-order chi connectivity index (χ1) is 19.0. The normalized spacial score (nSPS) is 23.4. The molecule has 1 aliphatic heterocycles. The summed E-state index contributed by atoms with van der Waals surface area (Å²) in [6.45, 7) is 6.97. The molecule has 0 radical (unpaired) electrons. The largest absolute Gasteiger partial charge is 0.463 e. The Kier molecular flexibility index (Phi) is 10.9. The van der Waals surface area contributed by atoms with Crippen molar-refractivity contribution >= 4 is 5.97 Å². The lowest BCUT2D eigenvalue weighted by atomic mass is 9.93. The van der Waals surface area contributed by atoms with Crippen molar-refractivity contribution in [2.24, 2.45) is 0 Å². The molecule has 1 heterocycles. The van der Waals surface area contributed by atoms with Crippen LogP contribution in [0.2, 0.25) is 0 Å². The highest BCUT2D eigenvalue weighted by atomic mass is 16.6. The van der Waals surface area contributed by atoms with E-state index in [2.05, 4.69) is 0 Å². The lowest BCUT2D eigenvalue weighted by Crippen LogP contribution is -2.59. The first-order valence-corrected chi connectivity index (χ1v) is 13.5. The van der Waals surface area contributed by atoms with Gasteiger partial charge in [-0.15, -0.1) is 0 Å². The van der Waals surface area contributed by atoms with Gasteiger partial charge in [-0.25, -0.2) is 4.79 Å². The molecule has 1 fully saturated rings. The third kappa shape index (κ3) is 8.35. The van der Waals surface area contributed by atoms with Crippen LogP contribution >= 0.6 is 0 Å². The molecule has 6 heteroatoms. The lowest BCUT2D eigenvalue weighted by Gasteiger charge is -2.45. The summed E-state index contributed by atoms with van der Waals surface area (Å²) in [6.07, 6.45) is -0.459. The summed E-state index contributed by atoms with van der Waals surface area (Å²) < 4.78 is 31.2. The topological polar surface area (TPSA) is 63.2 Å². The number of carbonyl (C=O) groups excluding carboxylic acids is 1. The average molecular weight is 531 g/mol. The zero-order valence-electron chi connectivity index (χ0n) is 22.9. The number of ether oxygens (including phenoxy) is 5. The predicted molar refractivity (Wildman–Crippen MR) is 150 cm³/mol. The summed E-state index contributed by atoms with van der Waals surface area (Å²) >= 11 is 0. The molecule has 5 atom stereocenters. The SMILES string of the molecule is CCOC(=O)C(C)=C[C@@H]1O[C@@H](C)[C@@H](OCc2ccccc2)[C@@H](OCc2ccccc2)[C@@H]1OCc1ccccc1. The predicted octanol–water partition coefficient (Wildman–Crippen LogP) is 6.04. The maximum Gasteiger partial charge on any atom is 0.333 e. The average Bonchev–Trinajstić information content (AvgIpc) is 2.96. The number of rotatable bonds is 12. The highest BCUT2D eigenvalue weighted by Crippen LogP contribution is 2.31. The monoisotopic (exact) mass is 530 g/mol. The number of hydrogen-bond donors (Lipinski definition) is 0. The molecule has 3 aromatic carbocycles. The van der Waals surface area contributed by atoms with E-state index in [0.29, 0.717) is 32.0 Å². The van der Waals surface area contributed by atoms with Gasteiger partial charge in [0.1, 0.15) is 24.4 Å². The van der Waals surface area contributed by atoms with Gasteiger partial charge in [-0.05, 0) is 43.5 Å². The number of hydrogen-bond acceptors (Lipinski definition) is 6. The summed E-state index contributed by atoms with van der Waals surface area (Å²) in [4.78, 5) is 12.5. The molecule has 0 aromatic heterocycles. The van der Waals surface area contributed by atoms with Crippen molar-refractivity contribution in [2.45, 2.75) is 71.1 Å². The summed E-state index contributed by atoms with van der Waals surface area (Å²) in [5.74, 6) is -0.375. The minimum atomic E-state index is -0.537. The van der Waals surface area contributed by atoms with E-state index >= 15 is 0 Å². The molecule has 0 amide bonds. The molecule has 0 unspecified atom stereocenters. The smallest absolute Gasteiger partial charge is 0.333 e. The van der Waals surface area contributed by atoms with Crippen LogP contribution in [0.15, 0.2) is 103 Å². The van der Waals surface area contributed by atoms with E-state index in [4.69, 9.17) is 23.7 Å². The third-order valence-corrected chi connectivity index (χ3v) is 6.67. The Morgan fingerprint density at radius 1 is 0.718 bits per heavy atom. The fourth-order valence-corrected chi connectivity index (χ4v) is 4.65. The van der Waals surface area contributed by atoms with Gasteiger partial charge in [0.2, 0.25) is 0 Å². The van der Waals surface area contributed by atoms with Crippen LogP contribution in [0.1, 0.15) is 37.5 Å². The molecule has 0 saturated carbocycles. The van der Waals surface area contributed by atoms with E-state index in [-0.39, 0.29) is 12.1 Å². The second-order valence-corrected chi connectivity index (χ2v) is 9.66. The van der Waals surface area contributed by atoms with E-state index in [9.17, 15) is 4.79 Å². The zero-order chi connectivity index (χ0) is 27.5. The maximum absolute atomic E-state index is 12.5. The third-order valence-electron chi connectivity index (χ3n) is 6.67. The Hall–Kier alpha value is -3.29. The summed E-state index contributed by atoms with van der Waals surface area (Å²) in [5, 5.41) is 0. The van der Waals surface area contributed by atoms with Gasteiger partial charge in [0.15, 0.2) is 0 Å². The molecule has 0 aliphatic carbocycles. The van der Waals surface area contributed by atoms with Gasteiger partial charge in [-0.2, -0.15) is 0 Å². The molecule has 6 nitrogen and oxygen atoms in total. The van der Waals surface area contributed by atoms with Crippen LogP contribution in [0, 0.1) is 0 Å². The summed E-state index contributed by atoms with van der Waals surface area (Å²) in [6, 6.07) is 30.0. The summed E-state index contributed by atoms with van der Waals surface area (Å²) in [5.41, 5.74) is 3.61. The van der Waals surface area contributed by atoms with Crippen molar-refractivity contribution < 1.29 is 28.5 Å². The molecule has 1 saturated heterocycles. The van der Waals surface area contributed by atoms with Gasteiger partial charge in [-0.1, -0.05) is 91.0 Å². The van der Waals surface area contributed by atoms with Crippen LogP contribution in [-0.2, 0) is 48.3 Å². The zero-order valence-corrected chi connectivity index (χ0v) is 22.9. The molecular formula is C33H38O6. The van der Waals surface area contributed by atoms with Crippen molar-refractivity contribution in [3.63, 3.8) is 0 Å². The minimum Gasteiger partial charge on any atom is -0.463 e. The van der Waals surface area contributed by atoms with E-state index in [1.807, 2.05) is 97.9 Å². The number of carbonyl (C=O) groups is 1. The Morgan fingerprint density at radius 2 is 1.15 bits per heavy atom. The van der Waals surface area contributed by atoms with Crippen LogP contribution in [-0.4, -0.2) is 43.1 Å². The quantitative estimate of drug-likeness (QED) is 0.210. The Balaban J connectivity index is 1.63. The molecule has 3 aromatic rings. The molecule has 0 bridgehead atoms. The fourth-order valence-electron chi connectivity index (χ4n) is 4.65. The van der Waals surface area contributed by atoms with Gasteiger partial charge in [-0.3, -0.25) is 0 Å².